The van der Waals surface area contributed by atoms with E-state index in [1.165, 1.54) is 60.8 Å². The van der Waals surface area contributed by atoms with Crippen molar-refractivity contribution >= 4 is 13.3 Å². The maximum Gasteiger partial charge on any atom is 0.164 e. The minimum atomic E-state index is -1.62. The molecule has 0 aliphatic heterocycles. The first-order chi connectivity index (χ1) is 28.9. The fraction of sp³-hybridized carbons (Fsp3) is 0.0727. The molecule has 2 aliphatic carbocycles. The summed E-state index contributed by atoms with van der Waals surface area (Å²) in [5.74, 6) is 1.94. The molecule has 59 heavy (non-hydrogen) atoms. The molecular formula is C55H41N3Si. The van der Waals surface area contributed by atoms with Gasteiger partial charge in [0.15, 0.2) is 17.5 Å². The number of nitrogens with zero attached hydrogens (tertiary/aromatic N) is 3. The molecule has 1 aromatic heterocycles. The van der Waals surface area contributed by atoms with E-state index in [1.54, 1.807) is 0 Å². The Morgan fingerprint density at radius 3 is 1.34 bits per heavy atom. The summed E-state index contributed by atoms with van der Waals surface area (Å²) in [5.41, 5.74) is 17.8. The second-order valence-electron chi connectivity index (χ2n) is 16.8. The van der Waals surface area contributed by atoms with Gasteiger partial charge in [-0.05, 0) is 78.9 Å². The monoisotopic (exact) mass is 771 g/mol. The van der Waals surface area contributed by atoms with Crippen LogP contribution in [0.4, 0.5) is 0 Å². The van der Waals surface area contributed by atoms with Crippen molar-refractivity contribution in [3.8, 4) is 78.7 Å². The van der Waals surface area contributed by atoms with E-state index in [0.29, 0.717) is 17.5 Å². The molecule has 0 unspecified atom stereocenters. The van der Waals surface area contributed by atoms with Crippen molar-refractivity contribution in [2.75, 3.05) is 0 Å². The molecule has 0 saturated heterocycles. The normalized spacial score (nSPS) is 13.1. The zero-order chi connectivity index (χ0) is 39.7. The molecule has 280 valence electrons. The van der Waals surface area contributed by atoms with E-state index in [9.17, 15) is 0 Å². The second kappa shape index (κ2) is 13.5. The highest BCUT2D eigenvalue weighted by Crippen LogP contribution is 2.63. The molecule has 1 spiro atoms. The number of fused-ring (bicyclic) bond motifs is 10. The quantitative estimate of drug-likeness (QED) is 0.158. The Bertz CT molecular complexity index is 3030. The van der Waals surface area contributed by atoms with Gasteiger partial charge in [0.05, 0.1) is 13.5 Å². The van der Waals surface area contributed by atoms with Gasteiger partial charge in [0.25, 0.3) is 0 Å². The lowest BCUT2D eigenvalue weighted by molar-refractivity contribution is 0.795. The molecule has 4 heteroatoms. The van der Waals surface area contributed by atoms with Crippen molar-refractivity contribution in [1.29, 1.82) is 0 Å². The van der Waals surface area contributed by atoms with Gasteiger partial charge < -0.3 is 0 Å². The standard InChI is InChI=1S/C55H41N3Si/c1-59(2,3)43-30-32-47-46-31-29-41(34-50(46)55(51(47)35-43)48-23-12-10-21-44(48)45-22-11-13-24-49(45)55)40-19-14-20-42(33-40)54-57-52(38-17-8-5-9-18-38)56-53(58-54)39-27-25-37(26-28-39)36-15-6-4-7-16-36/h4-35H,1-3H3. The van der Waals surface area contributed by atoms with Crippen LogP contribution >= 0.6 is 0 Å². The smallest absolute Gasteiger partial charge is 0.164 e. The molecular weight excluding hydrogens is 731 g/mol. The van der Waals surface area contributed by atoms with Gasteiger partial charge in [0.2, 0.25) is 0 Å². The van der Waals surface area contributed by atoms with Crippen LogP contribution in [0, 0.1) is 0 Å². The number of aromatic nitrogens is 3. The summed E-state index contributed by atoms with van der Waals surface area (Å²) in [7, 11) is -1.62. The molecule has 8 aromatic carbocycles. The van der Waals surface area contributed by atoms with Gasteiger partial charge in [-0.3, -0.25) is 0 Å². The molecule has 2 aliphatic rings. The highest BCUT2D eigenvalue weighted by molar-refractivity contribution is 6.88. The van der Waals surface area contributed by atoms with Crippen LogP contribution in [0.1, 0.15) is 22.3 Å². The molecule has 0 saturated carbocycles. The summed E-state index contributed by atoms with van der Waals surface area (Å²) in [5, 5.41) is 1.48. The summed E-state index contributed by atoms with van der Waals surface area (Å²) < 4.78 is 0. The SMILES string of the molecule is C[Si](C)(C)c1ccc2c(c1)C1(c3ccccc3-c3ccccc31)c1cc(-c3cccc(-c4nc(-c5ccccc5)nc(-c5ccc(-c6ccccc6)cc5)n4)c3)ccc1-2. The van der Waals surface area contributed by atoms with E-state index in [-0.39, 0.29) is 0 Å². The van der Waals surface area contributed by atoms with Gasteiger partial charge in [-0.1, -0.05) is 207 Å². The maximum atomic E-state index is 5.14. The average Bonchev–Trinajstić information content (AvgIpc) is 3.76. The summed E-state index contributed by atoms with van der Waals surface area (Å²) in [6.07, 6.45) is 0. The maximum absolute atomic E-state index is 5.14. The number of hydrogen-bond acceptors (Lipinski definition) is 3. The molecule has 11 rings (SSSR count). The van der Waals surface area contributed by atoms with Crippen LogP contribution in [0.3, 0.4) is 0 Å². The van der Waals surface area contributed by atoms with Crippen molar-refractivity contribution in [3.05, 3.63) is 216 Å². The first-order valence-corrected chi connectivity index (χ1v) is 23.9. The largest absolute Gasteiger partial charge is 0.208 e. The predicted octanol–water partition coefficient (Wildman–Crippen LogP) is 13.1. The predicted molar refractivity (Wildman–Crippen MR) is 246 cm³/mol. The third kappa shape index (κ3) is 5.66. The fourth-order valence-corrected chi connectivity index (χ4v) is 10.6. The van der Waals surface area contributed by atoms with Gasteiger partial charge in [0, 0.05) is 16.7 Å². The third-order valence-electron chi connectivity index (χ3n) is 12.3. The Hall–Kier alpha value is -7.01. The molecule has 3 nitrogen and oxygen atoms in total. The van der Waals surface area contributed by atoms with Crippen LogP contribution in [0.2, 0.25) is 19.6 Å². The summed E-state index contributed by atoms with van der Waals surface area (Å²) in [6, 6.07) is 70.4. The summed E-state index contributed by atoms with van der Waals surface area (Å²) in [6.45, 7) is 7.35. The lowest BCUT2D eigenvalue weighted by Gasteiger charge is -2.31. The lowest BCUT2D eigenvalue weighted by atomic mass is 9.70. The highest BCUT2D eigenvalue weighted by Gasteiger charge is 2.52. The van der Waals surface area contributed by atoms with Crippen molar-refractivity contribution < 1.29 is 0 Å². The topological polar surface area (TPSA) is 38.7 Å². The third-order valence-corrected chi connectivity index (χ3v) is 14.4. The average molecular weight is 772 g/mol. The van der Waals surface area contributed by atoms with Gasteiger partial charge in [0.1, 0.15) is 0 Å². The van der Waals surface area contributed by atoms with Crippen molar-refractivity contribution in [2.45, 2.75) is 25.1 Å². The molecule has 0 fully saturated rings. The van der Waals surface area contributed by atoms with Crippen LogP contribution in [0.25, 0.3) is 78.7 Å². The second-order valence-corrected chi connectivity index (χ2v) is 21.9. The molecule has 9 aromatic rings. The van der Waals surface area contributed by atoms with E-state index in [1.807, 2.05) is 24.3 Å². The van der Waals surface area contributed by atoms with E-state index >= 15 is 0 Å². The van der Waals surface area contributed by atoms with Crippen molar-refractivity contribution in [2.24, 2.45) is 0 Å². The minimum absolute atomic E-state index is 0.412. The van der Waals surface area contributed by atoms with Gasteiger partial charge >= 0.3 is 0 Å². The van der Waals surface area contributed by atoms with Crippen LogP contribution in [0.15, 0.2) is 194 Å². The zero-order valence-corrected chi connectivity index (χ0v) is 34.3. The minimum Gasteiger partial charge on any atom is -0.208 e. The zero-order valence-electron chi connectivity index (χ0n) is 33.3. The van der Waals surface area contributed by atoms with E-state index in [2.05, 4.69) is 189 Å². The van der Waals surface area contributed by atoms with Crippen LogP contribution in [0.5, 0.6) is 0 Å². The Morgan fingerprint density at radius 2 is 0.712 bits per heavy atom. The van der Waals surface area contributed by atoms with Crippen LogP contribution < -0.4 is 5.19 Å². The van der Waals surface area contributed by atoms with E-state index in [4.69, 9.17) is 15.0 Å². The Labute approximate surface area is 346 Å². The molecule has 0 atom stereocenters. The van der Waals surface area contributed by atoms with Gasteiger partial charge in [-0.2, -0.15) is 0 Å². The van der Waals surface area contributed by atoms with E-state index in [0.717, 1.165) is 27.8 Å². The Balaban J connectivity index is 1.06. The Morgan fingerprint density at radius 1 is 0.305 bits per heavy atom. The lowest BCUT2D eigenvalue weighted by Crippen LogP contribution is -2.38. The highest BCUT2D eigenvalue weighted by atomic mass is 28.3. The van der Waals surface area contributed by atoms with Gasteiger partial charge in [-0.15, -0.1) is 0 Å². The van der Waals surface area contributed by atoms with E-state index < -0.39 is 13.5 Å². The van der Waals surface area contributed by atoms with Crippen LogP contribution in [-0.2, 0) is 5.41 Å². The number of hydrogen-bond donors (Lipinski definition) is 0. The molecule has 0 radical (unpaired) electrons. The van der Waals surface area contributed by atoms with Crippen molar-refractivity contribution in [1.82, 2.24) is 15.0 Å². The van der Waals surface area contributed by atoms with Gasteiger partial charge in [-0.25, -0.2) is 15.0 Å². The van der Waals surface area contributed by atoms with Crippen molar-refractivity contribution in [3.63, 3.8) is 0 Å². The first-order valence-electron chi connectivity index (χ1n) is 20.4. The molecule has 0 N–H and O–H groups in total. The summed E-state index contributed by atoms with van der Waals surface area (Å²) >= 11 is 0. The molecule has 0 bridgehead atoms. The molecule has 0 amide bonds. The fourth-order valence-electron chi connectivity index (χ4n) is 9.42. The number of rotatable bonds is 6. The number of benzene rings is 8. The first kappa shape index (κ1) is 35.2. The summed E-state index contributed by atoms with van der Waals surface area (Å²) in [4.78, 5) is 15.3. The van der Waals surface area contributed by atoms with Crippen LogP contribution in [-0.4, -0.2) is 23.0 Å². The molecule has 1 heterocycles. The Kier molecular flexibility index (Phi) is 8.07.